The Hall–Kier alpha value is -1.62. The Labute approximate surface area is 341 Å². The van der Waals surface area contributed by atoms with Gasteiger partial charge >= 0.3 is 12.1 Å². The fraction of sp³-hybridized carbons (Fsp3) is 0.957. The van der Waals surface area contributed by atoms with Crippen LogP contribution < -0.4 is 10.6 Å². The first-order chi connectivity index (χ1) is 27.2. The molecule has 8 rings (SSSR count). The molecule has 0 bridgehead atoms. The van der Waals surface area contributed by atoms with Crippen LogP contribution in [0.4, 0.5) is 9.59 Å². The monoisotopic (exact) mass is 783 g/mol. The second kappa shape index (κ2) is 20.6. The van der Waals surface area contributed by atoms with E-state index in [1.807, 2.05) is 0 Å². The highest BCUT2D eigenvalue weighted by molar-refractivity contribution is 5.76. The maximum atomic E-state index is 12.7. The molecule has 4 amide bonds. The van der Waals surface area contributed by atoms with Gasteiger partial charge in [-0.1, -0.05) is 25.7 Å². The predicted molar refractivity (Wildman–Crippen MR) is 225 cm³/mol. The maximum Gasteiger partial charge on any atom is 0.317 e. The second-order valence-electron chi connectivity index (χ2n) is 20.1. The summed E-state index contributed by atoms with van der Waals surface area (Å²) in [5.41, 5.74) is 0. The number of nitrogens with zero attached hydrogens (tertiary/aromatic N) is 4. The van der Waals surface area contributed by atoms with Gasteiger partial charge in [-0.3, -0.25) is 0 Å². The van der Waals surface area contributed by atoms with Crippen LogP contribution in [0.3, 0.4) is 0 Å². The van der Waals surface area contributed by atoms with Crippen molar-refractivity contribution in [2.75, 3.05) is 52.5 Å². The highest BCUT2D eigenvalue weighted by atomic mass is 16.5. The summed E-state index contributed by atoms with van der Waals surface area (Å²) in [7, 11) is 0. The largest absolute Gasteiger partial charge is 0.379 e. The first-order valence-electron chi connectivity index (χ1n) is 24.1. The van der Waals surface area contributed by atoms with Gasteiger partial charge in [0.2, 0.25) is 0 Å². The summed E-state index contributed by atoms with van der Waals surface area (Å²) in [5, 5.41) is 6.38. The van der Waals surface area contributed by atoms with E-state index in [4.69, 9.17) is 9.47 Å². The van der Waals surface area contributed by atoms with E-state index < -0.39 is 0 Å². The minimum absolute atomic E-state index is 0.215. The van der Waals surface area contributed by atoms with Crippen LogP contribution in [-0.4, -0.2) is 133 Å². The van der Waals surface area contributed by atoms with E-state index in [1.54, 1.807) is 0 Å². The van der Waals surface area contributed by atoms with Crippen LogP contribution in [0.5, 0.6) is 0 Å². The van der Waals surface area contributed by atoms with Gasteiger partial charge in [0.05, 0.1) is 12.2 Å². The van der Waals surface area contributed by atoms with E-state index in [0.29, 0.717) is 48.2 Å². The van der Waals surface area contributed by atoms with Gasteiger partial charge < -0.3 is 39.7 Å². The first-order valence-corrected chi connectivity index (χ1v) is 24.1. The van der Waals surface area contributed by atoms with Crippen molar-refractivity contribution in [1.82, 2.24) is 30.2 Å². The highest BCUT2D eigenvalue weighted by Gasteiger charge is 2.43. The number of fused-ring (bicyclic) bond motifs is 2. The molecule has 4 saturated carbocycles. The molecule has 0 radical (unpaired) electrons. The molecule has 4 saturated heterocycles. The molecule has 0 aromatic carbocycles. The Kier molecular flexibility index (Phi) is 15.6. The molecular weight excluding hydrogens is 701 g/mol. The molecule has 4 aliphatic heterocycles. The minimum atomic E-state index is 0.215. The lowest BCUT2D eigenvalue weighted by Crippen LogP contribution is -2.63. The molecule has 4 heterocycles. The molecule has 10 heteroatoms. The van der Waals surface area contributed by atoms with Crippen molar-refractivity contribution in [3.63, 3.8) is 0 Å². The SMILES string of the molecule is CC(C)OCC1CCC(N2CCC(N3C(=O)NC[C@H]4CCCC[C@@H]43)CC2)CC1.CC(C)OCC1CCC(N2CCC(N3C(=O)NC[C@H]4CCCC[C@@H]43)CC2)CC1. The summed E-state index contributed by atoms with van der Waals surface area (Å²) in [5.74, 6) is 2.90. The minimum Gasteiger partial charge on any atom is -0.379 e. The Morgan fingerprint density at radius 3 is 1.20 bits per heavy atom. The van der Waals surface area contributed by atoms with Crippen LogP contribution in [0.15, 0.2) is 0 Å². The van der Waals surface area contributed by atoms with Gasteiger partial charge in [-0.15, -0.1) is 0 Å². The summed E-state index contributed by atoms with van der Waals surface area (Å²) in [6, 6.07) is 3.88. The average molecular weight is 783 g/mol. The lowest BCUT2D eigenvalue weighted by atomic mass is 9.80. The van der Waals surface area contributed by atoms with Crippen LogP contribution in [0.25, 0.3) is 0 Å². The van der Waals surface area contributed by atoms with Gasteiger partial charge in [0.25, 0.3) is 0 Å². The number of ether oxygens (including phenoxy) is 2. The number of urea groups is 2. The van der Waals surface area contributed by atoms with E-state index in [-0.39, 0.29) is 12.1 Å². The summed E-state index contributed by atoms with van der Waals surface area (Å²) in [6.07, 6.45) is 26.2. The predicted octanol–water partition coefficient (Wildman–Crippen LogP) is 8.04. The average Bonchev–Trinajstić information content (AvgIpc) is 3.23. The van der Waals surface area contributed by atoms with Crippen molar-refractivity contribution in [2.24, 2.45) is 23.7 Å². The third kappa shape index (κ3) is 10.9. The molecule has 4 atom stereocenters. The maximum absolute atomic E-state index is 12.7. The molecule has 8 fully saturated rings. The summed E-state index contributed by atoms with van der Waals surface area (Å²) in [4.78, 5) is 35.4. The van der Waals surface area contributed by atoms with Gasteiger partial charge in [0.15, 0.2) is 0 Å². The summed E-state index contributed by atoms with van der Waals surface area (Å²) < 4.78 is 11.7. The number of carbonyl (C=O) groups is 2. The lowest BCUT2D eigenvalue weighted by molar-refractivity contribution is 0.0121. The normalized spacial score (nSPS) is 35.7. The van der Waals surface area contributed by atoms with Crippen LogP contribution in [-0.2, 0) is 9.47 Å². The second-order valence-corrected chi connectivity index (χ2v) is 20.1. The number of piperidine rings is 2. The number of carbonyl (C=O) groups excluding carboxylic acids is 2. The van der Waals surface area contributed by atoms with E-state index in [9.17, 15) is 9.59 Å². The van der Waals surface area contributed by atoms with Gasteiger partial charge in [0.1, 0.15) is 0 Å². The zero-order valence-corrected chi connectivity index (χ0v) is 36.1. The van der Waals surface area contributed by atoms with Crippen molar-refractivity contribution < 1.29 is 19.1 Å². The third-order valence-electron chi connectivity index (χ3n) is 15.7. The zero-order valence-electron chi connectivity index (χ0n) is 36.1. The standard InChI is InChI=1S/2C23H41N3O2/c2*1-17(2)28-16-18-7-9-20(10-8-18)25-13-11-21(12-14-25)26-22-6-4-3-5-19(22)15-24-23(26)27/h2*17-22H,3-16H2,1-2H3,(H,24,27)/t2*18?,19-,20?,22+/m11/s1. The van der Waals surface area contributed by atoms with Crippen LogP contribution in [0.2, 0.25) is 0 Å². The molecule has 4 aliphatic carbocycles. The number of nitrogens with one attached hydrogen (secondary N) is 2. The third-order valence-corrected chi connectivity index (χ3v) is 15.7. The summed E-state index contributed by atoms with van der Waals surface area (Å²) in [6.45, 7) is 16.9. The van der Waals surface area contributed by atoms with Crippen molar-refractivity contribution in [1.29, 1.82) is 0 Å². The molecule has 0 aromatic rings. The number of amides is 4. The Morgan fingerprint density at radius 1 is 0.482 bits per heavy atom. The summed E-state index contributed by atoms with van der Waals surface area (Å²) >= 11 is 0. The molecular formula is C46H82N6O4. The van der Waals surface area contributed by atoms with E-state index in [2.05, 4.69) is 57.9 Å². The van der Waals surface area contributed by atoms with Crippen molar-refractivity contribution in [3.05, 3.63) is 0 Å². The van der Waals surface area contributed by atoms with Gasteiger partial charge in [-0.05, 0) is 154 Å². The van der Waals surface area contributed by atoms with Crippen molar-refractivity contribution in [3.8, 4) is 0 Å². The van der Waals surface area contributed by atoms with Crippen LogP contribution >= 0.6 is 0 Å². The molecule has 0 aromatic heterocycles. The number of hydrogen-bond donors (Lipinski definition) is 2. The Balaban J connectivity index is 0.000000172. The van der Waals surface area contributed by atoms with Crippen molar-refractivity contribution in [2.45, 2.75) is 205 Å². The van der Waals surface area contributed by atoms with Crippen molar-refractivity contribution >= 4 is 12.1 Å². The van der Waals surface area contributed by atoms with Crippen LogP contribution in [0, 0.1) is 23.7 Å². The van der Waals surface area contributed by atoms with E-state index in [1.165, 1.54) is 129 Å². The Morgan fingerprint density at radius 2 is 0.839 bits per heavy atom. The van der Waals surface area contributed by atoms with E-state index in [0.717, 1.165) is 75.9 Å². The van der Waals surface area contributed by atoms with E-state index >= 15 is 0 Å². The molecule has 0 spiro atoms. The number of hydrogen-bond acceptors (Lipinski definition) is 6. The zero-order chi connectivity index (χ0) is 39.0. The smallest absolute Gasteiger partial charge is 0.317 e. The molecule has 320 valence electrons. The molecule has 56 heavy (non-hydrogen) atoms. The topological polar surface area (TPSA) is 89.6 Å². The first kappa shape index (κ1) is 42.5. The molecule has 8 aliphatic rings. The molecule has 2 N–H and O–H groups in total. The molecule has 10 nitrogen and oxygen atoms in total. The van der Waals surface area contributed by atoms with Gasteiger partial charge in [-0.25, -0.2) is 9.59 Å². The quantitative estimate of drug-likeness (QED) is 0.233. The highest BCUT2D eigenvalue weighted by Crippen LogP contribution is 2.37. The van der Waals surface area contributed by atoms with Crippen LogP contribution in [0.1, 0.15) is 156 Å². The van der Waals surface area contributed by atoms with Gasteiger partial charge in [-0.2, -0.15) is 0 Å². The Bertz CT molecular complexity index is 1110. The number of rotatable bonds is 10. The fourth-order valence-electron chi connectivity index (χ4n) is 12.4. The lowest BCUT2D eigenvalue weighted by Gasteiger charge is -2.50. The molecule has 0 unspecified atom stereocenters. The van der Waals surface area contributed by atoms with Gasteiger partial charge in [0, 0.05) is 88.7 Å². The fourth-order valence-corrected chi connectivity index (χ4v) is 12.4. The number of likely N-dealkylation sites (tertiary alicyclic amines) is 2.